The lowest BCUT2D eigenvalue weighted by molar-refractivity contribution is -0.143. The monoisotopic (exact) mass is 507 g/mol. The third kappa shape index (κ3) is 8.82. The number of carboxylic acids is 1. The lowest BCUT2D eigenvalue weighted by atomic mass is 10.0. The lowest BCUT2D eigenvalue weighted by Gasteiger charge is -2.26. The zero-order valence-electron chi connectivity index (χ0n) is 19.9. The Balaban J connectivity index is 2.16. The topological polar surface area (TPSA) is 220 Å². The van der Waals surface area contributed by atoms with Crippen LogP contribution >= 0.6 is 0 Å². The zero-order chi connectivity index (χ0) is 26.8. The van der Waals surface area contributed by atoms with Gasteiger partial charge in [0, 0.05) is 12.8 Å². The van der Waals surface area contributed by atoms with Crippen LogP contribution in [0.5, 0.6) is 5.75 Å². The first-order valence-electron chi connectivity index (χ1n) is 11.6. The summed E-state index contributed by atoms with van der Waals surface area (Å²) in [4.78, 5) is 61.0. The number of nitrogens with one attached hydrogen (secondary N) is 4. The van der Waals surface area contributed by atoms with Crippen molar-refractivity contribution in [2.75, 3.05) is 6.54 Å². The fourth-order valence-corrected chi connectivity index (χ4v) is 3.72. The predicted octanol–water partition coefficient (Wildman–Crippen LogP) is -2.13. The van der Waals surface area contributed by atoms with Crippen molar-refractivity contribution in [2.45, 2.75) is 69.3 Å². The van der Waals surface area contributed by atoms with Gasteiger partial charge >= 0.3 is 5.97 Å². The summed E-state index contributed by atoms with van der Waals surface area (Å²) in [6.45, 7) is 1.90. The maximum Gasteiger partial charge on any atom is 0.326 e. The number of carbonyl (C=O) groups excluding carboxylic acids is 4. The van der Waals surface area contributed by atoms with E-state index in [1.165, 1.54) is 19.1 Å². The number of nitrogens with two attached hydrogens (primary N) is 1. The van der Waals surface area contributed by atoms with E-state index < -0.39 is 59.9 Å². The molecule has 9 N–H and O–H groups in total. The van der Waals surface area contributed by atoms with Crippen LogP contribution in [-0.2, 0) is 30.4 Å². The summed E-state index contributed by atoms with van der Waals surface area (Å²) in [5, 5.41) is 39.2. The van der Waals surface area contributed by atoms with Crippen molar-refractivity contribution in [3.8, 4) is 5.75 Å². The van der Waals surface area contributed by atoms with Crippen LogP contribution in [0.25, 0.3) is 0 Å². The fourth-order valence-electron chi connectivity index (χ4n) is 3.72. The molecule has 2 rings (SSSR count). The largest absolute Gasteiger partial charge is 0.508 e. The molecule has 5 unspecified atom stereocenters. The molecule has 0 bridgehead atoms. The molecule has 13 nitrogen and oxygen atoms in total. The number of hydrogen-bond donors (Lipinski definition) is 8. The highest BCUT2D eigenvalue weighted by molar-refractivity contribution is 5.94. The van der Waals surface area contributed by atoms with Crippen LogP contribution in [0.2, 0.25) is 0 Å². The van der Waals surface area contributed by atoms with E-state index in [0.29, 0.717) is 18.5 Å². The van der Waals surface area contributed by atoms with E-state index in [1.54, 1.807) is 12.1 Å². The molecule has 1 heterocycles. The Morgan fingerprint density at radius 3 is 2.25 bits per heavy atom. The molecule has 1 aliphatic heterocycles. The molecular weight excluding hydrogens is 474 g/mol. The standard InChI is InChI=1S/C23H33N5O8/c1-12(29)19(22(34)26-16(23(35)36)8-9-18(24)31)28-21(33)17(11-13-4-6-14(30)7-5-13)27-20(32)15-3-2-10-25-15/h4-7,12,15-17,19,25,29-30H,2-3,8-11H2,1H3,(H2,24,31)(H,26,34)(H,27,32)(H,28,33)(H,35,36). The van der Waals surface area contributed by atoms with Crippen molar-refractivity contribution in [1.82, 2.24) is 21.3 Å². The number of phenols is 1. The van der Waals surface area contributed by atoms with Crippen LogP contribution in [0, 0.1) is 0 Å². The number of carboxylic acid groups (broad SMARTS) is 1. The Bertz CT molecular complexity index is 946. The van der Waals surface area contributed by atoms with Crippen LogP contribution in [-0.4, -0.2) is 81.7 Å². The number of hydrogen-bond acceptors (Lipinski definition) is 8. The molecular formula is C23H33N5O8. The van der Waals surface area contributed by atoms with E-state index in [0.717, 1.165) is 6.42 Å². The molecule has 0 spiro atoms. The van der Waals surface area contributed by atoms with Gasteiger partial charge in [0.15, 0.2) is 0 Å². The first-order chi connectivity index (χ1) is 17.0. The average molecular weight is 508 g/mol. The van der Waals surface area contributed by atoms with Crippen molar-refractivity contribution < 1.29 is 39.3 Å². The van der Waals surface area contributed by atoms with Gasteiger partial charge in [-0.3, -0.25) is 19.2 Å². The van der Waals surface area contributed by atoms with Crippen molar-refractivity contribution >= 4 is 29.6 Å². The predicted molar refractivity (Wildman–Crippen MR) is 126 cm³/mol. The molecule has 4 amide bonds. The minimum absolute atomic E-state index is 0.0223. The van der Waals surface area contributed by atoms with Gasteiger partial charge in [-0.1, -0.05) is 12.1 Å². The summed E-state index contributed by atoms with van der Waals surface area (Å²) in [6, 6.07) is 1.38. The average Bonchev–Trinajstić information content (AvgIpc) is 3.35. The smallest absolute Gasteiger partial charge is 0.326 e. The molecule has 1 aromatic carbocycles. The summed E-state index contributed by atoms with van der Waals surface area (Å²) < 4.78 is 0. The third-order valence-corrected chi connectivity index (χ3v) is 5.74. The minimum Gasteiger partial charge on any atom is -0.508 e. The Hall–Kier alpha value is -3.71. The van der Waals surface area contributed by atoms with Crippen LogP contribution in [0.15, 0.2) is 24.3 Å². The molecule has 0 aliphatic carbocycles. The molecule has 1 saturated heterocycles. The van der Waals surface area contributed by atoms with Gasteiger partial charge in [0.25, 0.3) is 0 Å². The fraction of sp³-hybridized carbons (Fsp3) is 0.522. The highest BCUT2D eigenvalue weighted by Crippen LogP contribution is 2.13. The second-order valence-electron chi connectivity index (χ2n) is 8.71. The number of primary amides is 1. The number of phenolic OH excluding ortho intramolecular Hbond substituents is 1. The SMILES string of the molecule is CC(O)C(NC(=O)C(Cc1ccc(O)cc1)NC(=O)C1CCCN1)C(=O)NC(CCC(N)=O)C(=O)O. The molecule has 36 heavy (non-hydrogen) atoms. The van der Waals surface area contributed by atoms with Gasteiger partial charge in [-0.05, 0) is 50.4 Å². The summed E-state index contributed by atoms with van der Waals surface area (Å²) in [6.07, 6.45) is -0.558. The van der Waals surface area contributed by atoms with Gasteiger partial charge in [-0.25, -0.2) is 4.79 Å². The number of aliphatic hydroxyl groups is 1. The highest BCUT2D eigenvalue weighted by atomic mass is 16.4. The number of aliphatic hydroxyl groups excluding tert-OH is 1. The first-order valence-corrected chi connectivity index (χ1v) is 11.6. The van der Waals surface area contributed by atoms with Gasteiger partial charge in [0.2, 0.25) is 23.6 Å². The Morgan fingerprint density at radius 2 is 1.72 bits per heavy atom. The normalized spacial score (nSPS) is 18.3. The number of amides is 4. The maximum atomic E-state index is 13.2. The minimum atomic E-state index is -1.54. The van der Waals surface area contributed by atoms with E-state index in [4.69, 9.17) is 5.73 Å². The maximum absolute atomic E-state index is 13.2. The Labute approximate surface area is 207 Å². The van der Waals surface area contributed by atoms with Crippen molar-refractivity contribution in [3.05, 3.63) is 29.8 Å². The van der Waals surface area contributed by atoms with E-state index in [9.17, 15) is 39.3 Å². The van der Waals surface area contributed by atoms with E-state index >= 15 is 0 Å². The first kappa shape index (κ1) is 28.5. The molecule has 1 fully saturated rings. The molecule has 1 aliphatic rings. The van der Waals surface area contributed by atoms with Crippen LogP contribution in [0.4, 0.5) is 0 Å². The van der Waals surface area contributed by atoms with Gasteiger partial charge in [0.1, 0.15) is 23.9 Å². The number of rotatable bonds is 13. The molecule has 13 heteroatoms. The zero-order valence-corrected chi connectivity index (χ0v) is 19.9. The molecule has 198 valence electrons. The summed E-state index contributed by atoms with van der Waals surface area (Å²) in [5.74, 6) is -4.31. The lowest BCUT2D eigenvalue weighted by Crippen LogP contribution is -2.60. The number of benzene rings is 1. The quantitative estimate of drug-likeness (QED) is 0.146. The van der Waals surface area contributed by atoms with E-state index in [1.807, 2.05) is 0 Å². The molecule has 0 saturated carbocycles. The summed E-state index contributed by atoms with van der Waals surface area (Å²) in [5.41, 5.74) is 5.65. The number of aliphatic carboxylic acids is 1. The van der Waals surface area contributed by atoms with Crippen molar-refractivity contribution in [2.24, 2.45) is 5.73 Å². The Morgan fingerprint density at radius 1 is 1.06 bits per heavy atom. The molecule has 5 atom stereocenters. The van der Waals surface area contributed by atoms with Crippen LogP contribution in [0.3, 0.4) is 0 Å². The van der Waals surface area contributed by atoms with Gasteiger partial charge in [-0.15, -0.1) is 0 Å². The second-order valence-corrected chi connectivity index (χ2v) is 8.71. The third-order valence-electron chi connectivity index (χ3n) is 5.74. The summed E-state index contributed by atoms with van der Waals surface area (Å²) in [7, 11) is 0. The molecule has 0 radical (unpaired) electrons. The van der Waals surface area contributed by atoms with E-state index in [2.05, 4.69) is 21.3 Å². The van der Waals surface area contributed by atoms with Crippen molar-refractivity contribution in [3.63, 3.8) is 0 Å². The van der Waals surface area contributed by atoms with Gasteiger partial charge < -0.3 is 42.3 Å². The second kappa shape index (κ2) is 13.4. The summed E-state index contributed by atoms with van der Waals surface area (Å²) >= 11 is 0. The number of carbonyl (C=O) groups is 5. The van der Waals surface area contributed by atoms with Gasteiger partial charge in [0.05, 0.1) is 12.1 Å². The van der Waals surface area contributed by atoms with Crippen molar-refractivity contribution in [1.29, 1.82) is 0 Å². The molecule has 0 aromatic heterocycles. The Kier molecular flexibility index (Phi) is 10.6. The van der Waals surface area contributed by atoms with Crippen LogP contribution < -0.4 is 27.0 Å². The van der Waals surface area contributed by atoms with Gasteiger partial charge in [-0.2, -0.15) is 0 Å². The molecule has 1 aromatic rings. The van der Waals surface area contributed by atoms with E-state index in [-0.39, 0.29) is 25.0 Å². The van der Waals surface area contributed by atoms with Crippen LogP contribution in [0.1, 0.15) is 38.2 Å². The number of aromatic hydroxyl groups is 1. The highest BCUT2D eigenvalue weighted by Gasteiger charge is 2.33.